The number of esters is 1. The second-order valence-electron chi connectivity index (χ2n) is 2.83. The summed E-state index contributed by atoms with van der Waals surface area (Å²) in [6.07, 6.45) is 3.33. The number of thioether (sulfide) groups is 1. The summed E-state index contributed by atoms with van der Waals surface area (Å²) >= 11 is 1.37. The maximum atomic E-state index is 11.4. The van der Waals surface area contributed by atoms with E-state index in [-0.39, 0.29) is 5.97 Å². The number of nitrogens with zero attached hydrogens (tertiary/aromatic N) is 1. The molecule has 15 heavy (non-hydrogen) atoms. The molecule has 1 N–H and O–H groups in total. The van der Waals surface area contributed by atoms with Crippen molar-refractivity contribution >= 4 is 23.5 Å². The number of pyridine rings is 1. The first kappa shape index (κ1) is 10.0. The highest BCUT2D eigenvalue weighted by Gasteiger charge is 2.18. The third-order valence-corrected chi connectivity index (χ3v) is 2.86. The van der Waals surface area contributed by atoms with Gasteiger partial charge in [0.05, 0.1) is 11.5 Å². The first-order valence-electron chi connectivity index (χ1n) is 4.58. The van der Waals surface area contributed by atoms with Crippen LogP contribution in [0.2, 0.25) is 0 Å². The van der Waals surface area contributed by atoms with Crippen molar-refractivity contribution in [3.8, 4) is 0 Å². The van der Waals surface area contributed by atoms with E-state index in [0.29, 0.717) is 11.5 Å². The van der Waals surface area contributed by atoms with Crippen molar-refractivity contribution in [3.05, 3.63) is 29.4 Å². The Labute approximate surface area is 91.7 Å². The van der Waals surface area contributed by atoms with Gasteiger partial charge in [-0.15, -0.1) is 0 Å². The number of aromatic nitrogens is 1. The summed E-state index contributed by atoms with van der Waals surface area (Å²) in [6, 6.07) is 3.74. The van der Waals surface area contributed by atoms with Gasteiger partial charge in [-0.3, -0.25) is 0 Å². The van der Waals surface area contributed by atoms with Crippen molar-refractivity contribution in [1.82, 2.24) is 4.98 Å². The molecule has 0 saturated heterocycles. The summed E-state index contributed by atoms with van der Waals surface area (Å²) in [7, 11) is 0. The number of carbonyl (C=O) groups excluding carboxylic acids is 1. The van der Waals surface area contributed by atoms with Crippen LogP contribution in [0.1, 0.15) is 6.92 Å². The Morgan fingerprint density at radius 2 is 2.53 bits per heavy atom. The number of ether oxygens (including phenoxy) is 1. The van der Waals surface area contributed by atoms with Crippen molar-refractivity contribution in [3.63, 3.8) is 0 Å². The van der Waals surface area contributed by atoms with E-state index in [0.717, 1.165) is 10.7 Å². The Balaban J connectivity index is 2.16. The van der Waals surface area contributed by atoms with Crippen LogP contribution in [-0.2, 0) is 9.53 Å². The molecule has 1 aromatic heterocycles. The highest BCUT2D eigenvalue weighted by molar-refractivity contribution is 8.04. The van der Waals surface area contributed by atoms with Crippen LogP contribution in [0, 0.1) is 0 Å². The monoisotopic (exact) mass is 222 g/mol. The molecule has 1 aliphatic heterocycles. The smallest absolute Gasteiger partial charge is 0.346 e. The third-order valence-electron chi connectivity index (χ3n) is 1.81. The first-order valence-corrected chi connectivity index (χ1v) is 5.39. The number of nitrogens with one attached hydrogen (secondary N) is 1. The fraction of sp³-hybridized carbons (Fsp3) is 0.200. The summed E-state index contributed by atoms with van der Waals surface area (Å²) in [5, 5.41) is 2.96. The fourth-order valence-electron chi connectivity index (χ4n) is 1.17. The number of hydrogen-bond donors (Lipinski definition) is 1. The van der Waals surface area contributed by atoms with Crippen molar-refractivity contribution in [2.45, 2.75) is 11.8 Å². The minimum absolute atomic E-state index is 0.301. The van der Waals surface area contributed by atoms with Crippen LogP contribution < -0.4 is 5.32 Å². The van der Waals surface area contributed by atoms with Gasteiger partial charge >= 0.3 is 5.97 Å². The second kappa shape index (κ2) is 4.35. The van der Waals surface area contributed by atoms with Gasteiger partial charge in [0.1, 0.15) is 10.7 Å². The molecule has 0 aliphatic carbocycles. The largest absolute Gasteiger partial charge is 0.462 e. The zero-order chi connectivity index (χ0) is 10.7. The summed E-state index contributed by atoms with van der Waals surface area (Å²) < 4.78 is 4.91. The molecular weight excluding hydrogens is 212 g/mol. The summed E-state index contributed by atoms with van der Waals surface area (Å²) in [5.41, 5.74) is 0. The molecule has 0 atom stereocenters. The van der Waals surface area contributed by atoms with Gasteiger partial charge in [-0.05, 0) is 19.1 Å². The minimum Gasteiger partial charge on any atom is -0.462 e. The SMILES string of the molecule is CCOC(=O)C1=CNc2ncccc2S1. The summed E-state index contributed by atoms with van der Waals surface area (Å²) in [5.74, 6) is 0.472. The van der Waals surface area contributed by atoms with Crippen LogP contribution in [0.25, 0.3) is 0 Å². The molecule has 0 saturated carbocycles. The molecule has 1 aliphatic rings. The topological polar surface area (TPSA) is 51.2 Å². The lowest BCUT2D eigenvalue weighted by Crippen LogP contribution is -2.10. The van der Waals surface area contributed by atoms with E-state index in [9.17, 15) is 4.79 Å². The summed E-state index contributed by atoms with van der Waals surface area (Å²) in [6.45, 7) is 2.17. The number of fused-ring (bicyclic) bond motifs is 1. The van der Waals surface area contributed by atoms with Gasteiger partial charge in [0, 0.05) is 12.4 Å². The average Bonchev–Trinajstić information content (AvgIpc) is 2.29. The van der Waals surface area contributed by atoms with Crippen molar-refractivity contribution in [1.29, 1.82) is 0 Å². The van der Waals surface area contributed by atoms with Gasteiger partial charge in [-0.25, -0.2) is 9.78 Å². The normalized spacial score (nSPS) is 13.5. The molecule has 0 amide bonds. The number of rotatable bonds is 2. The number of hydrogen-bond acceptors (Lipinski definition) is 5. The van der Waals surface area contributed by atoms with Gasteiger partial charge in [0.25, 0.3) is 0 Å². The highest BCUT2D eigenvalue weighted by atomic mass is 32.2. The quantitative estimate of drug-likeness (QED) is 0.776. The number of carbonyl (C=O) groups is 1. The predicted molar refractivity (Wildman–Crippen MR) is 58.4 cm³/mol. The Hall–Kier alpha value is -1.49. The van der Waals surface area contributed by atoms with E-state index >= 15 is 0 Å². The van der Waals surface area contributed by atoms with Gasteiger partial charge in [-0.2, -0.15) is 0 Å². The van der Waals surface area contributed by atoms with Crippen LogP contribution in [0.5, 0.6) is 0 Å². The fourth-order valence-corrected chi connectivity index (χ4v) is 2.02. The Morgan fingerprint density at radius 1 is 1.67 bits per heavy atom. The lowest BCUT2D eigenvalue weighted by Gasteiger charge is -2.14. The zero-order valence-electron chi connectivity index (χ0n) is 8.19. The minimum atomic E-state index is -0.301. The lowest BCUT2D eigenvalue weighted by molar-refractivity contribution is -0.137. The van der Waals surface area contributed by atoms with Crippen molar-refractivity contribution in [2.75, 3.05) is 11.9 Å². The first-order chi connectivity index (χ1) is 7.31. The van der Waals surface area contributed by atoms with E-state index in [1.54, 1.807) is 19.3 Å². The highest BCUT2D eigenvalue weighted by Crippen LogP contribution is 2.35. The van der Waals surface area contributed by atoms with Crippen molar-refractivity contribution < 1.29 is 9.53 Å². The van der Waals surface area contributed by atoms with Gasteiger partial charge in [0.15, 0.2) is 0 Å². The Morgan fingerprint density at radius 3 is 3.33 bits per heavy atom. The molecule has 2 heterocycles. The molecule has 0 spiro atoms. The van der Waals surface area contributed by atoms with E-state index in [1.807, 2.05) is 12.1 Å². The average molecular weight is 222 g/mol. The van der Waals surface area contributed by atoms with E-state index in [2.05, 4.69) is 10.3 Å². The van der Waals surface area contributed by atoms with Crippen molar-refractivity contribution in [2.24, 2.45) is 0 Å². The molecule has 78 valence electrons. The Kier molecular flexibility index (Phi) is 2.91. The maximum Gasteiger partial charge on any atom is 0.346 e. The molecular formula is C10H10N2O2S. The zero-order valence-corrected chi connectivity index (χ0v) is 9.00. The molecule has 0 radical (unpaired) electrons. The van der Waals surface area contributed by atoms with Crippen LogP contribution in [0.3, 0.4) is 0 Å². The van der Waals surface area contributed by atoms with Crippen LogP contribution in [0.4, 0.5) is 5.82 Å². The molecule has 0 unspecified atom stereocenters. The molecule has 5 heteroatoms. The molecule has 0 aromatic carbocycles. The second-order valence-corrected chi connectivity index (χ2v) is 3.91. The van der Waals surface area contributed by atoms with Gasteiger partial charge in [-0.1, -0.05) is 11.8 Å². The molecule has 4 nitrogen and oxygen atoms in total. The molecule has 0 bridgehead atoms. The Bertz CT molecular complexity index is 418. The predicted octanol–water partition coefficient (Wildman–Crippen LogP) is 2.00. The maximum absolute atomic E-state index is 11.4. The van der Waals surface area contributed by atoms with Crippen LogP contribution in [-0.4, -0.2) is 17.6 Å². The molecule has 0 fully saturated rings. The van der Waals surface area contributed by atoms with Crippen LogP contribution >= 0.6 is 11.8 Å². The van der Waals surface area contributed by atoms with E-state index in [1.165, 1.54) is 11.8 Å². The lowest BCUT2D eigenvalue weighted by atomic mass is 10.4. The molecule has 1 aromatic rings. The standard InChI is InChI=1S/C10H10N2O2S/c1-2-14-10(13)8-6-12-9-7(15-8)4-3-5-11-9/h3-6H,2H2,1H3,(H,11,12). The van der Waals surface area contributed by atoms with Crippen LogP contribution in [0.15, 0.2) is 34.3 Å². The number of anilines is 1. The third kappa shape index (κ3) is 2.12. The van der Waals surface area contributed by atoms with E-state index < -0.39 is 0 Å². The molecule has 2 rings (SSSR count). The van der Waals surface area contributed by atoms with Gasteiger partial charge in [0.2, 0.25) is 0 Å². The van der Waals surface area contributed by atoms with E-state index in [4.69, 9.17) is 4.74 Å². The summed E-state index contributed by atoms with van der Waals surface area (Å²) in [4.78, 5) is 17.1. The van der Waals surface area contributed by atoms with Gasteiger partial charge < -0.3 is 10.1 Å².